The maximum atomic E-state index is 9.99. The molecule has 1 unspecified atom stereocenters. The van der Waals surface area contributed by atoms with Crippen molar-refractivity contribution >= 4 is 6.47 Å². The molecule has 0 rings (SSSR count). The van der Waals surface area contributed by atoms with Crippen LogP contribution >= 0.6 is 0 Å². The van der Waals surface area contributed by atoms with Crippen LogP contribution in [0.5, 0.6) is 0 Å². The molecule has 1 radical (unpaired) electrons. The summed E-state index contributed by atoms with van der Waals surface area (Å²) in [7, 11) is 0. The van der Waals surface area contributed by atoms with Crippen molar-refractivity contribution in [2.45, 2.75) is 46.6 Å². The molecule has 0 saturated heterocycles. The molecule has 0 spiro atoms. The van der Waals surface area contributed by atoms with Crippen LogP contribution in [0.15, 0.2) is 0 Å². The number of ether oxygens (including phenoxy) is 1. The van der Waals surface area contributed by atoms with Crippen LogP contribution < -0.4 is 0 Å². The smallest absolute Gasteiger partial charge is 0.417 e. The first-order chi connectivity index (χ1) is 5.02. The Balaban J connectivity index is 3.97. The molecule has 0 amide bonds. The molecule has 2 nitrogen and oxygen atoms in total. The van der Waals surface area contributed by atoms with E-state index in [-0.39, 0.29) is 11.5 Å². The number of hydrogen-bond acceptors (Lipinski definition) is 2. The zero-order valence-corrected chi connectivity index (χ0v) is 7.81. The van der Waals surface area contributed by atoms with Crippen molar-refractivity contribution in [2.24, 2.45) is 5.41 Å². The largest absolute Gasteiger partial charge is 0.453 e. The summed E-state index contributed by atoms with van der Waals surface area (Å²) in [4.78, 5) is 9.99. The number of rotatable bonds is 4. The Morgan fingerprint density at radius 3 is 2.27 bits per heavy atom. The van der Waals surface area contributed by atoms with Gasteiger partial charge in [0.1, 0.15) is 6.10 Å². The normalized spacial score (nSPS) is 14.2. The summed E-state index contributed by atoms with van der Waals surface area (Å²) in [6.45, 7) is 9.77. The summed E-state index contributed by atoms with van der Waals surface area (Å²) < 4.78 is 4.84. The molecule has 0 aromatic heterocycles. The molecule has 2 heteroatoms. The molecule has 0 aliphatic heterocycles. The maximum Gasteiger partial charge on any atom is 0.417 e. The fraction of sp³-hybridized carbons (Fsp3) is 0.889. The predicted molar refractivity (Wildman–Crippen MR) is 44.9 cm³/mol. The third-order valence-corrected chi connectivity index (χ3v) is 1.71. The molecular formula is C9H17O2. The number of carbonyl (C=O) groups excluding carboxylic acids is 1. The molecule has 0 aromatic carbocycles. The van der Waals surface area contributed by atoms with E-state index < -0.39 is 0 Å². The van der Waals surface area contributed by atoms with Gasteiger partial charge in [0.25, 0.3) is 0 Å². The summed E-state index contributed by atoms with van der Waals surface area (Å²) >= 11 is 0. The lowest BCUT2D eigenvalue weighted by Crippen LogP contribution is -2.28. The molecule has 0 heterocycles. The van der Waals surface area contributed by atoms with Gasteiger partial charge in [-0.2, -0.15) is 0 Å². The highest BCUT2D eigenvalue weighted by atomic mass is 16.5. The minimum absolute atomic E-state index is 0.00463. The molecule has 0 aliphatic carbocycles. The predicted octanol–water partition coefficient (Wildman–Crippen LogP) is 2.29. The molecule has 0 saturated carbocycles. The van der Waals surface area contributed by atoms with Gasteiger partial charge in [0.05, 0.1) is 0 Å². The summed E-state index contributed by atoms with van der Waals surface area (Å²) in [6.07, 6.45) is 1.95. The maximum absolute atomic E-state index is 9.99. The van der Waals surface area contributed by atoms with Gasteiger partial charge in [-0.25, -0.2) is 4.79 Å². The van der Waals surface area contributed by atoms with Crippen molar-refractivity contribution in [1.82, 2.24) is 0 Å². The van der Waals surface area contributed by atoms with Gasteiger partial charge in [-0.1, -0.05) is 34.1 Å². The van der Waals surface area contributed by atoms with Crippen molar-refractivity contribution < 1.29 is 9.53 Å². The third-order valence-electron chi connectivity index (χ3n) is 1.71. The summed E-state index contributed by atoms with van der Waals surface area (Å²) in [6, 6.07) is 0. The summed E-state index contributed by atoms with van der Waals surface area (Å²) in [5.41, 5.74) is 0.0351. The van der Waals surface area contributed by atoms with Gasteiger partial charge in [-0.3, -0.25) is 0 Å². The Kier molecular flexibility index (Phi) is 4.16. The van der Waals surface area contributed by atoms with E-state index in [1.54, 1.807) is 0 Å². The Morgan fingerprint density at radius 2 is 2.00 bits per heavy atom. The van der Waals surface area contributed by atoms with Gasteiger partial charge in [0.15, 0.2) is 0 Å². The minimum atomic E-state index is 0.00463. The first-order valence-electron chi connectivity index (χ1n) is 4.05. The van der Waals surface area contributed by atoms with Crippen LogP contribution in [-0.2, 0) is 9.53 Å². The SMILES string of the molecule is CCCC(O[C]=O)C(C)(C)C. The van der Waals surface area contributed by atoms with E-state index in [1.807, 2.05) is 0 Å². The van der Waals surface area contributed by atoms with Crippen LogP contribution in [0.1, 0.15) is 40.5 Å². The number of hydrogen-bond donors (Lipinski definition) is 0. The average Bonchev–Trinajstić information content (AvgIpc) is 1.85. The Labute approximate surface area is 68.9 Å². The molecule has 0 bridgehead atoms. The van der Waals surface area contributed by atoms with Gasteiger partial charge >= 0.3 is 6.47 Å². The topological polar surface area (TPSA) is 26.3 Å². The van der Waals surface area contributed by atoms with E-state index in [9.17, 15) is 4.79 Å². The van der Waals surface area contributed by atoms with E-state index >= 15 is 0 Å². The van der Waals surface area contributed by atoms with Crippen molar-refractivity contribution in [2.75, 3.05) is 0 Å². The lowest BCUT2D eigenvalue weighted by molar-refractivity contribution is 0.0632. The van der Waals surface area contributed by atoms with E-state index in [2.05, 4.69) is 27.7 Å². The van der Waals surface area contributed by atoms with Crippen molar-refractivity contribution in [3.63, 3.8) is 0 Å². The summed E-state index contributed by atoms with van der Waals surface area (Å²) in [5, 5.41) is 0. The lowest BCUT2D eigenvalue weighted by Gasteiger charge is -2.27. The zero-order chi connectivity index (χ0) is 8.91. The van der Waals surface area contributed by atoms with Crippen molar-refractivity contribution in [1.29, 1.82) is 0 Å². The second-order valence-corrected chi connectivity index (χ2v) is 3.84. The van der Waals surface area contributed by atoms with E-state index in [0.717, 1.165) is 12.8 Å². The lowest BCUT2D eigenvalue weighted by atomic mass is 9.86. The Morgan fingerprint density at radius 1 is 1.45 bits per heavy atom. The fourth-order valence-corrected chi connectivity index (χ4v) is 0.989. The van der Waals surface area contributed by atoms with Gasteiger partial charge in [0.2, 0.25) is 0 Å². The highest BCUT2D eigenvalue weighted by Crippen LogP contribution is 2.25. The van der Waals surface area contributed by atoms with E-state index in [4.69, 9.17) is 4.74 Å². The summed E-state index contributed by atoms with van der Waals surface area (Å²) in [5.74, 6) is 0. The van der Waals surface area contributed by atoms with Crippen LogP contribution in [0.25, 0.3) is 0 Å². The zero-order valence-electron chi connectivity index (χ0n) is 7.81. The van der Waals surface area contributed by atoms with Crippen molar-refractivity contribution in [3.05, 3.63) is 0 Å². The molecule has 0 aromatic rings. The van der Waals surface area contributed by atoms with Crippen molar-refractivity contribution in [3.8, 4) is 0 Å². The Bertz CT molecular complexity index is 113. The van der Waals surface area contributed by atoms with E-state index in [0.29, 0.717) is 0 Å². The highest BCUT2D eigenvalue weighted by molar-refractivity contribution is 5.38. The van der Waals surface area contributed by atoms with E-state index in [1.165, 1.54) is 6.47 Å². The fourth-order valence-electron chi connectivity index (χ4n) is 0.989. The highest BCUT2D eigenvalue weighted by Gasteiger charge is 2.25. The third kappa shape index (κ3) is 4.02. The molecule has 0 N–H and O–H groups in total. The molecule has 1 atom stereocenters. The van der Waals surface area contributed by atoms with Crippen LogP contribution in [0.3, 0.4) is 0 Å². The molecule has 0 aliphatic rings. The molecule has 0 fully saturated rings. The minimum Gasteiger partial charge on any atom is -0.453 e. The second-order valence-electron chi connectivity index (χ2n) is 3.84. The van der Waals surface area contributed by atoms with Gasteiger partial charge in [0, 0.05) is 0 Å². The van der Waals surface area contributed by atoms with Gasteiger partial charge in [-0.05, 0) is 11.8 Å². The first-order valence-corrected chi connectivity index (χ1v) is 4.05. The van der Waals surface area contributed by atoms with Gasteiger partial charge < -0.3 is 4.74 Å². The second kappa shape index (κ2) is 4.37. The first kappa shape index (κ1) is 10.5. The van der Waals surface area contributed by atoms with Gasteiger partial charge in [-0.15, -0.1) is 0 Å². The quantitative estimate of drug-likeness (QED) is 0.625. The van der Waals surface area contributed by atoms with Crippen LogP contribution in [0.4, 0.5) is 0 Å². The van der Waals surface area contributed by atoms with Crippen LogP contribution in [-0.4, -0.2) is 12.6 Å². The molecular weight excluding hydrogens is 140 g/mol. The monoisotopic (exact) mass is 157 g/mol. The molecule has 11 heavy (non-hydrogen) atoms. The average molecular weight is 157 g/mol. The van der Waals surface area contributed by atoms with Crippen LogP contribution in [0, 0.1) is 5.41 Å². The Hall–Kier alpha value is -0.530. The van der Waals surface area contributed by atoms with Crippen LogP contribution in [0.2, 0.25) is 0 Å². The molecule has 65 valence electrons. The standard InChI is InChI=1S/C9H17O2/c1-5-6-8(11-7-10)9(2,3)4/h8H,5-6H2,1-4H3.